The van der Waals surface area contributed by atoms with Crippen molar-refractivity contribution < 1.29 is 9.21 Å². The minimum absolute atomic E-state index is 0.0389. The lowest BCUT2D eigenvalue weighted by Crippen LogP contribution is -1.85. The quantitative estimate of drug-likeness (QED) is 0.745. The number of ketones is 1. The van der Waals surface area contributed by atoms with Crippen molar-refractivity contribution in [1.29, 1.82) is 0 Å². The molecule has 0 bridgehead atoms. The summed E-state index contributed by atoms with van der Waals surface area (Å²) < 4.78 is 6.50. The molecule has 0 atom stereocenters. The number of hydrogen-bond acceptors (Lipinski definition) is 4. The maximum Gasteiger partial charge on any atom is 0.194 e. The lowest BCUT2D eigenvalue weighted by atomic mass is 10.3. The highest BCUT2D eigenvalue weighted by Crippen LogP contribution is 2.32. The molecule has 2 aromatic heterocycles. The Bertz CT molecular complexity index is 429. The van der Waals surface area contributed by atoms with Crippen molar-refractivity contribution in [2.75, 3.05) is 0 Å². The van der Waals surface area contributed by atoms with Crippen LogP contribution in [0.25, 0.3) is 0 Å². The van der Waals surface area contributed by atoms with E-state index in [1.807, 2.05) is 23.6 Å². The highest BCUT2D eigenvalue weighted by molar-refractivity contribution is 8.01. The second kappa shape index (κ2) is 4.02. The zero-order valence-electron chi connectivity index (χ0n) is 7.52. The van der Waals surface area contributed by atoms with Gasteiger partial charge >= 0.3 is 0 Å². The van der Waals surface area contributed by atoms with Gasteiger partial charge in [0.2, 0.25) is 0 Å². The van der Waals surface area contributed by atoms with Crippen LogP contribution in [0.1, 0.15) is 17.5 Å². The number of carbonyl (C=O) groups excluding carboxylic acids is 1. The molecule has 0 aliphatic rings. The molecular weight excluding hydrogens is 216 g/mol. The lowest BCUT2D eigenvalue weighted by molar-refractivity contribution is 0.0982. The van der Waals surface area contributed by atoms with Crippen LogP contribution in [0.4, 0.5) is 0 Å². The predicted octanol–water partition coefficient (Wildman–Crippen LogP) is 3.69. The maximum absolute atomic E-state index is 11.0. The normalized spacial score (nSPS) is 10.4. The van der Waals surface area contributed by atoms with Crippen LogP contribution in [0.2, 0.25) is 0 Å². The molecule has 0 unspecified atom stereocenters. The average molecular weight is 224 g/mol. The van der Waals surface area contributed by atoms with Crippen molar-refractivity contribution in [3.05, 3.63) is 35.4 Å². The summed E-state index contributed by atoms with van der Waals surface area (Å²) in [5, 5.41) is 2.77. The van der Waals surface area contributed by atoms with E-state index < -0.39 is 0 Å². The van der Waals surface area contributed by atoms with Gasteiger partial charge < -0.3 is 4.42 Å². The van der Waals surface area contributed by atoms with Crippen molar-refractivity contribution in [2.24, 2.45) is 0 Å². The van der Waals surface area contributed by atoms with Gasteiger partial charge in [-0.25, -0.2) is 0 Å². The fraction of sp³-hybridized carbons (Fsp3) is 0.100. The van der Waals surface area contributed by atoms with Crippen LogP contribution in [-0.4, -0.2) is 5.78 Å². The summed E-state index contributed by atoms with van der Waals surface area (Å²) in [4.78, 5) is 11.0. The number of hydrogen-bond donors (Lipinski definition) is 0. The summed E-state index contributed by atoms with van der Waals surface area (Å²) in [5.74, 6) is 0.382. The molecule has 0 N–H and O–H groups in total. The van der Waals surface area contributed by atoms with E-state index in [2.05, 4.69) is 0 Å². The second-order valence-electron chi connectivity index (χ2n) is 2.71. The fourth-order valence-corrected chi connectivity index (χ4v) is 2.65. The number of Topliss-reactive ketones (excluding diaryl/α,β-unsaturated/α-hetero) is 1. The molecule has 4 heteroatoms. The smallest absolute Gasteiger partial charge is 0.194 e. The van der Waals surface area contributed by atoms with E-state index in [4.69, 9.17) is 4.42 Å². The van der Waals surface area contributed by atoms with Crippen LogP contribution in [-0.2, 0) is 0 Å². The van der Waals surface area contributed by atoms with Crippen LogP contribution in [0.5, 0.6) is 0 Å². The molecule has 0 fully saturated rings. The average Bonchev–Trinajstić information content (AvgIpc) is 2.75. The third-order valence-corrected chi connectivity index (χ3v) is 3.58. The third kappa shape index (κ3) is 2.08. The molecule has 0 amide bonds. The minimum atomic E-state index is -0.0389. The molecule has 72 valence electrons. The first-order valence-corrected chi connectivity index (χ1v) is 5.77. The Morgan fingerprint density at radius 1 is 1.43 bits per heavy atom. The van der Waals surface area contributed by atoms with Crippen molar-refractivity contribution >= 4 is 28.9 Å². The van der Waals surface area contributed by atoms with Gasteiger partial charge in [0.25, 0.3) is 0 Å². The van der Waals surface area contributed by atoms with Crippen LogP contribution in [0.15, 0.2) is 43.4 Å². The number of furan rings is 1. The first kappa shape index (κ1) is 9.55. The van der Waals surface area contributed by atoms with Crippen LogP contribution < -0.4 is 0 Å². The molecule has 0 radical (unpaired) electrons. The van der Waals surface area contributed by atoms with E-state index in [9.17, 15) is 4.79 Å². The highest BCUT2D eigenvalue weighted by atomic mass is 32.2. The molecule has 2 aromatic rings. The van der Waals surface area contributed by atoms with Gasteiger partial charge in [-0.2, -0.15) is 0 Å². The maximum atomic E-state index is 11.0. The summed E-state index contributed by atoms with van der Waals surface area (Å²) in [6, 6.07) is 7.53. The summed E-state index contributed by atoms with van der Waals surface area (Å²) in [5.41, 5.74) is 0. The Morgan fingerprint density at radius 2 is 2.29 bits per heavy atom. The molecule has 0 spiro atoms. The van der Waals surface area contributed by atoms with E-state index in [1.165, 1.54) is 18.7 Å². The molecule has 0 saturated heterocycles. The van der Waals surface area contributed by atoms with E-state index in [-0.39, 0.29) is 5.78 Å². The highest BCUT2D eigenvalue weighted by Gasteiger charge is 2.07. The molecule has 2 nitrogen and oxygen atoms in total. The Hall–Kier alpha value is -1.00. The summed E-state index contributed by atoms with van der Waals surface area (Å²) in [6.07, 6.45) is 0. The molecule has 0 aliphatic heterocycles. The molecular formula is C10H8O2S2. The molecule has 2 heterocycles. The fourth-order valence-electron chi connectivity index (χ4n) is 0.985. The van der Waals surface area contributed by atoms with Gasteiger partial charge in [0.15, 0.2) is 16.6 Å². The molecule has 0 aromatic carbocycles. The second-order valence-corrected chi connectivity index (χ2v) is 4.96. The van der Waals surface area contributed by atoms with Gasteiger partial charge in [-0.3, -0.25) is 4.79 Å². The van der Waals surface area contributed by atoms with Crippen LogP contribution >= 0.6 is 23.1 Å². The Balaban J connectivity index is 2.14. The lowest BCUT2D eigenvalue weighted by Gasteiger charge is -1.91. The predicted molar refractivity (Wildman–Crippen MR) is 57.2 cm³/mol. The SMILES string of the molecule is CC(=O)c1ccc(Sc2cccs2)o1. The van der Waals surface area contributed by atoms with Gasteiger partial charge in [0.1, 0.15) is 0 Å². The molecule has 0 saturated carbocycles. The zero-order valence-corrected chi connectivity index (χ0v) is 9.15. The minimum Gasteiger partial charge on any atom is -0.446 e. The Kier molecular flexibility index (Phi) is 2.74. The topological polar surface area (TPSA) is 30.2 Å². The zero-order chi connectivity index (χ0) is 9.97. The number of thiophene rings is 1. The van der Waals surface area contributed by atoms with Crippen LogP contribution in [0.3, 0.4) is 0 Å². The largest absolute Gasteiger partial charge is 0.446 e. The van der Waals surface area contributed by atoms with Gasteiger partial charge in [-0.15, -0.1) is 11.3 Å². The van der Waals surface area contributed by atoms with Crippen molar-refractivity contribution in [3.8, 4) is 0 Å². The van der Waals surface area contributed by atoms with E-state index >= 15 is 0 Å². The summed E-state index contributed by atoms with van der Waals surface area (Å²) in [6.45, 7) is 1.50. The van der Waals surface area contributed by atoms with E-state index in [1.54, 1.807) is 17.4 Å². The van der Waals surface area contributed by atoms with E-state index in [0.29, 0.717) is 5.76 Å². The third-order valence-electron chi connectivity index (χ3n) is 1.62. The first-order chi connectivity index (χ1) is 6.75. The monoisotopic (exact) mass is 224 g/mol. The van der Waals surface area contributed by atoms with Gasteiger partial charge in [-0.1, -0.05) is 6.07 Å². The van der Waals surface area contributed by atoms with E-state index in [0.717, 1.165) is 9.30 Å². The molecule has 2 rings (SSSR count). The number of carbonyl (C=O) groups is 1. The Labute approximate surface area is 89.9 Å². The first-order valence-electron chi connectivity index (χ1n) is 4.08. The molecule has 14 heavy (non-hydrogen) atoms. The molecule has 0 aliphatic carbocycles. The summed E-state index contributed by atoms with van der Waals surface area (Å²) in [7, 11) is 0. The van der Waals surface area contributed by atoms with Gasteiger partial charge in [0.05, 0.1) is 4.21 Å². The van der Waals surface area contributed by atoms with Gasteiger partial charge in [0, 0.05) is 6.92 Å². The van der Waals surface area contributed by atoms with Crippen molar-refractivity contribution in [1.82, 2.24) is 0 Å². The number of rotatable bonds is 3. The standard InChI is InChI=1S/C10H8O2S2/c1-7(11)8-4-5-9(12-8)14-10-3-2-6-13-10/h2-6H,1H3. The van der Waals surface area contributed by atoms with Crippen molar-refractivity contribution in [2.45, 2.75) is 16.2 Å². The van der Waals surface area contributed by atoms with Crippen LogP contribution in [0, 0.1) is 0 Å². The van der Waals surface area contributed by atoms with Gasteiger partial charge in [-0.05, 0) is 35.3 Å². The summed E-state index contributed by atoms with van der Waals surface area (Å²) >= 11 is 3.19. The Morgan fingerprint density at radius 3 is 2.86 bits per heavy atom. The van der Waals surface area contributed by atoms with Crippen molar-refractivity contribution in [3.63, 3.8) is 0 Å².